The van der Waals surface area contributed by atoms with Crippen LogP contribution >= 0.6 is 34.8 Å². The third-order valence-corrected chi connectivity index (χ3v) is 5.86. The van der Waals surface area contributed by atoms with E-state index >= 15 is 0 Å². The molecular weight excluding hydrogens is 554 g/mol. The number of carbonyl (C=O) groups is 1. The molecule has 0 unspecified atom stereocenters. The third kappa shape index (κ3) is 4.54. The molecule has 188 valence electrons. The largest absolute Gasteiger partial charge is 0.465 e. The van der Waals surface area contributed by atoms with Crippen molar-refractivity contribution in [2.75, 3.05) is 7.11 Å². The van der Waals surface area contributed by atoms with Gasteiger partial charge in [0, 0.05) is 29.1 Å². The molecule has 15 heteroatoms. The zero-order valence-electron chi connectivity index (χ0n) is 17.3. The van der Waals surface area contributed by atoms with Crippen LogP contribution in [0.3, 0.4) is 0 Å². The van der Waals surface area contributed by atoms with Gasteiger partial charge in [0.2, 0.25) is 0 Å². The predicted molar refractivity (Wildman–Crippen MR) is 113 cm³/mol. The van der Waals surface area contributed by atoms with Crippen molar-refractivity contribution >= 4 is 40.8 Å². The summed E-state index contributed by atoms with van der Waals surface area (Å²) in [5.41, 5.74) is -6.90. The van der Waals surface area contributed by atoms with Crippen LogP contribution in [0.4, 0.5) is 30.7 Å². The summed E-state index contributed by atoms with van der Waals surface area (Å²) < 4.78 is 98.6. The van der Waals surface area contributed by atoms with Crippen molar-refractivity contribution in [1.29, 1.82) is 0 Å². The maximum atomic E-state index is 14.4. The molecule has 0 spiro atoms. The average Bonchev–Trinajstić information content (AvgIpc) is 3.20. The summed E-state index contributed by atoms with van der Waals surface area (Å²) in [5, 5.41) is 2.36. The minimum Gasteiger partial charge on any atom is -0.465 e. The lowest BCUT2D eigenvalue weighted by Crippen LogP contribution is -2.50. The van der Waals surface area contributed by atoms with Gasteiger partial charge >= 0.3 is 24.0 Å². The molecule has 0 fully saturated rings. The van der Waals surface area contributed by atoms with E-state index in [1.165, 1.54) is 25.5 Å². The van der Waals surface area contributed by atoms with Crippen LogP contribution in [0.15, 0.2) is 30.7 Å². The van der Waals surface area contributed by atoms with Crippen LogP contribution in [0, 0.1) is 6.92 Å². The van der Waals surface area contributed by atoms with Gasteiger partial charge in [-0.3, -0.25) is 0 Å². The Balaban J connectivity index is 2.13. The molecule has 1 aromatic carbocycles. The number of ether oxygens (including phenoxy) is 1. The minimum atomic E-state index is -6.34. The normalized spacial score (nSPS) is 12.7. The van der Waals surface area contributed by atoms with Crippen LogP contribution in [0.1, 0.15) is 21.5 Å². The van der Waals surface area contributed by atoms with E-state index in [0.29, 0.717) is 16.7 Å². The highest BCUT2D eigenvalue weighted by molar-refractivity contribution is 6.38. The lowest BCUT2D eigenvalue weighted by molar-refractivity contribution is -0.348. The van der Waals surface area contributed by atoms with Crippen molar-refractivity contribution in [1.82, 2.24) is 14.8 Å². The second-order valence-electron chi connectivity index (χ2n) is 7.07. The van der Waals surface area contributed by atoms with Crippen LogP contribution in [0.25, 0.3) is 16.8 Å². The SMILES string of the molecule is COC(=O)c1c(Cl)ncc(-c2cnn(-c3c(Cl)cc(C(F)(C(F)(F)F)C(F)(F)F)cc3Cl)c2)c1C. The molecule has 0 atom stereocenters. The third-order valence-electron chi connectivity index (χ3n) is 5.00. The van der Waals surface area contributed by atoms with E-state index in [-0.39, 0.29) is 28.5 Å². The van der Waals surface area contributed by atoms with E-state index in [9.17, 15) is 35.5 Å². The molecule has 0 N–H and O–H groups in total. The number of pyridine rings is 1. The number of nitrogens with zero attached hydrogens (tertiary/aromatic N) is 3. The Morgan fingerprint density at radius 3 is 2.00 bits per heavy atom. The lowest BCUT2D eigenvalue weighted by Gasteiger charge is -2.30. The van der Waals surface area contributed by atoms with Crippen LogP contribution < -0.4 is 0 Å². The number of hydrogen-bond donors (Lipinski definition) is 0. The molecule has 3 aromatic rings. The highest BCUT2D eigenvalue weighted by Gasteiger charge is 2.73. The van der Waals surface area contributed by atoms with Gasteiger partial charge < -0.3 is 4.74 Å². The molecule has 0 aliphatic rings. The Kier molecular flexibility index (Phi) is 7.06. The number of aromatic nitrogens is 3. The number of hydrogen-bond acceptors (Lipinski definition) is 4. The first-order chi connectivity index (χ1) is 16.0. The van der Waals surface area contributed by atoms with Crippen molar-refractivity contribution in [3.05, 3.63) is 62.6 Å². The summed E-state index contributed by atoms with van der Waals surface area (Å²) in [6.45, 7) is 1.54. The molecule has 0 aliphatic heterocycles. The molecule has 35 heavy (non-hydrogen) atoms. The van der Waals surface area contributed by atoms with E-state index < -0.39 is 39.6 Å². The molecule has 2 heterocycles. The van der Waals surface area contributed by atoms with Gasteiger partial charge in [0.1, 0.15) is 16.4 Å². The van der Waals surface area contributed by atoms with Crippen molar-refractivity contribution in [2.24, 2.45) is 0 Å². The number of esters is 1. The summed E-state index contributed by atoms with van der Waals surface area (Å²) in [4.78, 5) is 15.9. The molecule has 0 saturated heterocycles. The molecule has 0 bridgehead atoms. The maximum absolute atomic E-state index is 14.4. The van der Waals surface area contributed by atoms with Gasteiger partial charge in [0.05, 0.1) is 23.4 Å². The van der Waals surface area contributed by atoms with Gasteiger partial charge in [-0.05, 0) is 24.6 Å². The van der Waals surface area contributed by atoms with Gasteiger partial charge in [-0.2, -0.15) is 31.4 Å². The van der Waals surface area contributed by atoms with Crippen molar-refractivity contribution in [2.45, 2.75) is 24.9 Å². The van der Waals surface area contributed by atoms with Gasteiger partial charge in [0.15, 0.2) is 0 Å². The first-order valence-electron chi connectivity index (χ1n) is 9.15. The molecule has 0 radical (unpaired) electrons. The molecule has 5 nitrogen and oxygen atoms in total. The van der Waals surface area contributed by atoms with E-state index in [2.05, 4.69) is 14.8 Å². The van der Waals surface area contributed by atoms with Crippen molar-refractivity contribution in [3.8, 4) is 16.8 Å². The standard InChI is InChI=1S/C20H11Cl3F7N3O2/c1-8-11(6-31-16(23)14(8)17(34)35-2)9-5-32-33(7-9)15-12(21)3-10(4-13(15)22)18(24,19(25,26)27)20(28,29)30/h3-7H,1-2H3. The topological polar surface area (TPSA) is 57.0 Å². The Morgan fingerprint density at radius 2 is 1.51 bits per heavy atom. The summed E-state index contributed by atoms with van der Waals surface area (Å²) in [6.07, 6.45) is -8.86. The lowest BCUT2D eigenvalue weighted by atomic mass is 9.94. The fourth-order valence-corrected chi connectivity index (χ4v) is 4.19. The summed E-state index contributed by atoms with van der Waals surface area (Å²) >= 11 is 17.8. The number of carbonyl (C=O) groups excluding carboxylic acids is 1. The Hall–Kier alpha value is -2.57. The maximum Gasteiger partial charge on any atom is 0.435 e. The van der Waals surface area contributed by atoms with Gasteiger partial charge in [-0.25, -0.2) is 18.9 Å². The average molecular weight is 565 g/mol. The molecule has 2 aromatic heterocycles. The van der Waals surface area contributed by atoms with Crippen LogP contribution in [0.2, 0.25) is 15.2 Å². The highest BCUT2D eigenvalue weighted by Crippen LogP contribution is 2.54. The van der Waals surface area contributed by atoms with Gasteiger partial charge in [0.25, 0.3) is 0 Å². The first kappa shape index (κ1) is 27.0. The van der Waals surface area contributed by atoms with Gasteiger partial charge in [-0.1, -0.05) is 34.8 Å². The monoisotopic (exact) mass is 563 g/mol. The fourth-order valence-electron chi connectivity index (χ4n) is 3.26. The molecule has 0 saturated carbocycles. The molecule has 0 aliphatic carbocycles. The molecule has 0 amide bonds. The Bertz CT molecular complexity index is 1270. The molecular formula is C20H11Cl3F7N3O2. The van der Waals surface area contributed by atoms with E-state index in [1.807, 2.05) is 0 Å². The first-order valence-corrected chi connectivity index (χ1v) is 10.3. The second kappa shape index (κ2) is 9.14. The van der Waals surface area contributed by atoms with Crippen LogP contribution in [-0.2, 0) is 10.4 Å². The van der Waals surface area contributed by atoms with E-state index in [0.717, 1.165) is 11.8 Å². The number of alkyl halides is 7. The Labute approximate surface area is 207 Å². The smallest absolute Gasteiger partial charge is 0.435 e. The number of benzene rings is 1. The minimum absolute atomic E-state index is 0.0292. The summed E-state index contributed by atoms with van der Waals surface area (Å²) in [6, 6.07) is 0.352. The van der Waals surface area contributed by atoms with Crippen molar-refractivity contribution < 1.29 is 40.3 Å². The number of rotatable bonds is 4. The summed E-state index contributed by atoms with van der Waals surface area (Å²) in [5.74, 6) is -0.764. The number of methoxy groups -OCH3 is 1. The van der Waals surface area contributed by atoms with Crippen LogP contribution in [-0.4, -0.2) is 40.2 Å². The quantitative estimate of drug-likeness (QED) is 0.190. The number of halogens is 10. The van der Waals surface area contributed by atoms with Crippen molar-refractivity contribution in [3.63, 3.8) is 0 Å². The predicted octanol–water partition coefficient (Wildman–Crippen LogP) is 7.28. The van der Waals surface area contributed by atoms with E-state index in [4.69, 9.17) is 34.8 Å². The summed E-state index contributed by atoms with van der Waals surface area (Å²) in [7, 11) is 1.14. The zero-order chi connectivity index (χ0) is 26.5. The van der Waals surface area contributed by atoms with Crippen LogP contribution in [0.5, 0.6) is 0 Å². The molecule has 3 rings (SSSR count). The van der Waals surface area contributed by atoms with E-state index in [1.54, 1.807) is 0 Å². The zero-order valence-corrected chi connectivity index (χ0v) is 19.6. The van der Waals surface area contributed by atoms with Gasteiger partial charge in [-0.15, -0.1) is 0 Å². The highest BCUT2D eigenvalue weighted by atomic mass is 35.5. The Morgan fingerprint density at radius 1 is 0.971 bits per heavy atom. The fraction of sp³-hybridized carbons (Fsp3) is 0.250. The second-order valence-corrected chi connectivity index (χ2v) is 8.24.